The van der Waals surface area contributed by atoms with Crippen LogP contribution in [0.5, 0.6) is 0 Å². The predicted octanol–water partition coefficient (Wildman–Crippen LogP) is 1.34. The highest BCUT2D eigenvalue weighted by Crippen LogP contribution is 2.20. The molecule has 1 rings (SSSR count). The van der Waals surface area contributed by atoms with Gasteiger partial charge in [-0.3, -0.25) is 4.79 Å². The van der Waals surface area contributed by atoms with Gasteiger partial charge in [-0.15, -0.1) is 0 Å². The van der Waals surface area contributed by atoms with E-state index in [1.165, 1.54) is 7.11 Å². The van der Waals surface area contributed by atoms with E-state index < -0.39 is 0 Å². The summed E-state index contributed by atoms with van der Waals surface area (Å²) in [4.78, 5) is 13.7. The maximum atomic E-state index is 11.3. The third-order valence-corrected chi connectivity index (χ3v) is 3.11. The molecule has 0 atom stereocenters. The lowest BCUT2D eigenvalue weighted by molar-refractivity contribution is -0.140. The number of nitrogens with zero attached hydrogens (tertiary/aromatic N) is 1. The topological polar surface area (TPSA) is 64.8 Å². The van der Waals surface area contributed by atoms with Gasteiger partial charge in [0.15, 0.2) is 0 Å². The van der Waals surface area contributed by atoms with E-state index in [0.29, 0.717) is 31.1 Å². The van der Waals surface area contributed by atoms with Gasteiger partial charge in [-0.2, -0.15) is 0 Å². The number of ether oxygens (including phenoxy) is 2. The zero-order valence-electron chi connectivity index (χ0n) is 11.8. The Morgan fingerprint density at radius 1 is 1.30 bits per heavy atom. The summed E-state index contributed by atoms with van der Waals surface area (Å²) >= 11 is 5.07. The molecule has 5 nitrogen and oxygen atoms in total. The second kappa shape index (κ2) is 8.50. The van der Waals surface area contributed by atoms with E-state index in [2.05, 4.69) is 4.74 Å². The minimum Gasteiger partial charge on any atom is -0.469 e. The summed E-state index contributed by atoms with van der Waals surface area (Å²) in [5.74, 6) is -0.250. The smallest absolute Gasteiger partial charge is 0.307 e. The maximum Gasteiger partial charge on any atom is 0.307 e. The predicted molar refractivity (Wildman–Crippen MR) is 83.1 cm³/mol. The third kappa shape index (κ3) is 4.79. The molecule has 0 heterocycles. The van der Waals surface area contributed by atoms with Crippen LogP contribution >= 0.6 is 12.2 Å². The van der Waals surface area contributed by atoms with Crippen LogP contribution in [0.25, 0.3) is 0 Å². The number of rotatable bonds is 8. The monoisotopic (exact) mass is 296 g/mol. The highest BCUT2D eigenvalue weighted by molar-refractivity contribution is 7.80. The lowest BCUT2D eigenvalue weighted by Gasteiger charge is -2.26. The SMILES string of the molecule is COCCN(CCC(=O)OC)c1ccccc1C(N)=S. The van der Waals surface area contributed by atoms with E-state index >= 15 is 0 Å². The van der Waals surface area contributed by atoms with Crippen LogP contribution < -0.4 is 10.6 Å². The molecule has 1 aromatic carbocycles. The molecule has 2 N–H and O–H groups in total. The van der Waals surface area contributed by atoms with Crippen LogP contribution in [0.1, 0.15) is 12.0 Å². The molecule has 20 heavy (non-hydrogen) atoms. The Labute approximate surface area is 124 Å². The number of hydrogen-bond donors (Lipinski definition) is 1. The summed E-state index contributed by atoms with van der Waals surface area (Å²) in [7, 11) is 3.02. The lowest BCUT2D eigenvalue weighted by Crippen LogP contribution is -2.31. The highest BCUT2D eigenvalue weighted by Gasteiger charge is 2.14. The first kappa shape index (κ1) is 16.4. The first-order chi connectivity index (χ1) is 9.60. The number of carbonyl (C=O) groups is 1. The first-order valence-corrected chi connectivity index (χ1v) is 6.70. The van der Waals surface area contributed by atoms with Gasteiger partial charge in [0.2, 0.25) is 0 Å². The summed E-state index contributed by atoms with van der Waals surface area (Å²) in [6, 6.07) is 7.60. The first-order valence-electron chi connectivity index (χ1n) is 6.29. The number of anilines is 1. The summed E-state index contributed by atoms with van der Waals surface area (Å²) in [5, 5.41) is 0. The van der Waals surface area contributed by atoms with Gasteiger partial charge in [0.05, 0.1) is 20.1 Å². The molecule has 0 saturated carbocycles. The van der Waals surface area contributed by atoms with E-state index in [1.54, 1.807) is 7.11 Å². The van der Waals surface area contributed by atoms with Crippen molar-refractivity contribution in [1.82, 2.24) is 0 Å². The van der Waals surface area contributed by atoms with Crippen molar-refractivity contribution in [3.05, 3.63) is 29.8 Å². The van der Waals surface area contributed by atoms with Gasteiger partial charge in [-0.25, -0.2) is 0 Å². The molecule has 0 aliphatic rings. The molecule has 0 aromatic heterocycles. The zero-order valence-corrected chi connectivity index (χ0v) is 12.6. The molecule has 1 aromatic rings. The molecular weight excluding hydrogens is 276 g/mol. The van der Waals surface area contributed by atoms with E-state index in [4.69, 9.17) is 22.7 Å². The van der Waals surface area contributed by atoms with Gasteiger partial charge in [0.1, 0.15) is 4.99 Å². The molecule has 0 spiro atoms. The van der Waals surface area contributed by atoms with Crippen molar-refractivity contribution in [2.24, 2.45) is 5.73 Å². The molecule has 110 valence electrons. The zero-order chi connectivity index (χ0) is 15.0. The van der Waals surface area contributed by atoms with Crippen LogP contribution in [0.3, 0.4) is 0 Å². The molecule has 0 radical (unpaired) electrons. The van der Waals surface area contributed by atoms with Gasteiger partial charge in [0, 0.05) is 31.5 Å². The van der Waals surface area contributed by atoms with Crippen LogP contribution in [0, 0.1) is 0 Å². The number of benzene rings is 1. The molecule has 0 unspecified atom stereocenters. The van der Waals surface area contributed by atoms with Crippen LogP contribution in [-0.4, -0.2) is 44.9 Å². The number of thiocarbonyl (C=S) groups is 1. The summed E-state index contributed by atoms with van der Waals surface area (Å²) in [6.07, 6.45) is 0.298. The molecule has 0 fully saturated rings. The quantitative estimate of drug-likeness (QED) is 0.577. The van der Waals surface area contributed by atoms with Crippen LogP contribution in [0.15, 0.2) is 24.3 Å². The second-order valence-electron chi connectivity index (χ2n) is 4.19. The fourth-order valence-electron chi connectivity index (χ4n) is 1.84. The minimum absolute atomic E-state index is 0.250. The van der Waals surface area contributed by atoms with Gasteiger partial charge in [-0.05, 0) is 12.1 Å². The van der Waals surface area contributed by atoms with Gasteiger partial charge >= 0.3 is 5.97 Å². The van der Waals surface area contributed by atoms with E-state index in [-0.39, 0.29) is 5.97 Å². The number of para-hydroxylation sites is 1. The van der Waals surface area contributed by atoms with Crippen molar-refractivity contribution in [3.63, 3.8) is 0 Å². The molecule has 6 heteroatoms. The summed E-state index contributed by atoms with van der Waals surface area (Å²) < 4.78 is 9.78. The molecule has 0 aliphatic carbocycles. The van der Waals surface area contributed by atoms with E-state index in [0.717, 1.165) is 11.3 Å². The van der Waals surface area contributed by atoms with Crippen LogP contribution in [0.4, 0.5) is 5.69 Å². The van der Waals surface area contributed by atoms with Crippen molar-refractivity contribution in [1.29, 1.82) is 0 Å². The number of esters is 1. The standard InChI is InChI=1S/C14H20N2O3S/c1-18-10-9-16(8-7-13(17)19-2)12-6-4-3-5-11(12)14(15)20/h3-6H,7-10H2,1-2H3,(H2,15,20). The molecule has 0 aliphatic heterocycles. The molecule has 0 bridgehead atoms. The Kier molecular flexibility index (Phi) is 6.97. The molecule has 0 saturated heterocycles. The molecule has 0 amide bonds. The van der Waals surface area contributed by atoms with Crippen molar-refractivity contribution in [2.45, 2.75) is 6.42 Å². The Bertz CT molecular complexity index is 465. The van der Waals surface area contributed by atoms with Crippen molar-refractivity contribution < 1.29 is 14.3 Å². The highest BCUT2D eigenvalue weighted by atomic mass is 32.1. The summed E-state index contributed by atoms with van der Waals surface area (Å²) in [6.45, 7) is 1.72. The van der Waals surface area contributed by atoms with E-state index in [9.17, 15) is 4.79 Å². The van der Waals surface area contributed by atoms with Gasteiger partial charge < -0.3 is 20.1 Å². The van der Waals surface area contributed by atoms with Crippen LogP contribution in [0.2, 0.25) is 0 Å². The van der Waals surface area contributed by atoms with Crippen molar-refractivity contribution in [3.8, 4) is 0 Å². The maximum absolute atomic E-state index is 11.3. The van der Waals surface area contributed by atoms with Crippen molar-refractivity contribution in [2.75, 3.05) is 38.8 Å². The normalized spacial score (nSPS) is 10.1. The summed E-state index contributed by atoms with van der Waals surface area (Å²) in [5.41, 5.74) is 7.44. The number of carbonyl (C=O) groups excluding carboxylic acids is 1. The average molecular weight is 296 g/mol. The Hall–Kier alpha value is -1.66. The largest absolute Gasteiger partial charge is 0.469 e. The van der Waals surface area contributed by atoms with Crippen LogP contribution in [-0.2, 0) is 14.3 Å². The molecular formula is C14H20N2O3S. The fourth-order valence-corrected chi connectivity index (χ4v) is 2.01. The van der Waals surface area contributed by atoms with E-state index in [1.807, 2.05) is 29.2 Å². The fraction of sp³-hybridized carbons (Fsp3) is 0.429. The minimum atomic E-state index is -0.250. The Morgan fingerprint density at radius 2 is 2.00 bits per heavy atom. The number of methoxy groups -OCH3 is 2. The Balaban J connectivity index is 2.91. The third-order valence-electron chi connectivity index (χ3n) is 2.89. The number of hydrogen-bond acceptors (Lipinski definition) is 5. The second-order valence-corrected chi connectivity index (χ2v) is 4.63. The Morgan fingerprint density at radius 3 is 2.60 bits per heavy atom. The number of nitrogens with two attached hydrogens (primary N) is 1. The van der Waals surface area contributed by atoms with Crippen molar-refractivity contribution >= 4 is 28.9 Å². The van der Waals surface area contributed by atoms with Gasteiger partial charge in [-0.1, -0.05) is 24.4 Å². The van der Waals surface area contributed by atoms with Gasteiger partial charge in [0.25, 0.3) is 0 Å². The average Bonchev–Trinajstić information content (AvgIpc) is 2.47. The lowest BCUT2D eigenvalue weighted by atomic mass is 10.1.